The molecule has 1 saturated heterocycles. The normalized spacial score (nSPS) is 27.2. The number of H-pyrrole nitrogens is 1. The second kappa shape index (κ2) is 4.30. The minimum Gasteiger partial charge on any atom is -0.394 e. The fraction of sp³-hybridized carbons (Fsp3) is 0.500. The van der Waals surface area contributed by atoms with E-state index in [1.807, 2.05) is 0 Å². The van der Waals surface area contributed by atoms with E-state index in [1.165, 1.54) is 6.33 Å². The molecule has 3 heterocycles. The summed E-state index contributed by atoms with van der Waals surface area (Å²) in [5.41, 5.74) is 11.5. The van der Waals surface area contributed by atoms with Crippen LogP contribution in [0.15, 0.2) is 11.1 Å². The van der Waals surface area contributed by atoms with Crippen molar-refractivity contribution in [1.29, 1.82) is 0 Å². The number of nitrogens with two attached hydrogens (primary N) is 2. The molecule has 1 fully saturated rings. The van der Waals surface area contributed by atoms with Crippen LogP contribution in [0.25, 0.3) is 11.2 Å². The second-order valence-corrected chi connectivity index (χ2v) is 4.49. The molecule has 0 radical (unpaired) electrons. The maximum atomic E-state index is 11.7. The van der Waals surface area contributed by atoms with Crippen molar-refractivity contribution in [2.75, 3.05) is 12.3 Å². The molecule has 1 aliphatic rings. The number of fused-ring (bicyclic) bond motifs is 1. The monoisotopic (exact) mass is 266 g/mol. The third kappa shape index (κ3) is 1.87. The Labute approximate surface area is 107 Å². The molecule has 9 heteroatoms. The topological polar surface area (TPSA) is 145 Å². The molecule has 2 aromatic heterocycles. The first-order chi connectivity index (χ1) is 9.10. The highest BCUT2D eigenvalue weighted by Gasteiger charge is 2.34. The lowest BCUT2D eigenvalue weighted by molar-refractivity contribution is -0.0233. The van der Waals surface area contributed by atoms with E-state index in [4.69, 9.17) is 21.3 Å². The first kappa shape index (κ1) is 12.1. The van der Waals surface area contributed by atoms with Gasteiger partial charge in [0.1, 0.15) is 6.23 Å². The smallest absolute Gasteiger partial charge is 0.280 e. The molecule has 0 spiro atoms. The van der Waals surface area contributed by atoms with E-state index in [-0.39, 0.29) is 24.1 Å². The largest absolute Gasteiger partial charge is 0.394 e. The standard InChI is InChI=1S/C10H14N6O3/c11-4-1-6(19-5(4)2-17)16-3-13-7-8(16)14-10(12)15-9(7)18/h3-6,17H,1-2,11H2,(H3,12,14,15,18)/t4-,5+,6+/m1/s1. The van der Waals surface area contributed by atoms with Gasteiger partial charge in [-0.05, 0) is 0 Å². The van der Waals surface area contributed by atoms with Crippen LogP contribution >= 0.6 is 0 Å². The van der Waals surface area contributed by atoms with E-state index in [2.05, 4.69) is 15.0 Å². The number of hydrogen-bond donors (Lipinski definition) is 4. The first-order valence-corrected chi connectivity index (χ1v) is 5.84. The maximum absolute atomic E-state index is 11.7. The predicted octanol–water partition coefficient (Wildman–Crippen LogP) is -1.69. The van der Waals surface area contributed by atoms with Crippen molar-refractivity contribution in [1.82, 2.24) is 19.5 Å². The molecule has 2 aromatic rings. The van der Waals surface area contributed by atoms with Crippen LogP contribution in [-0.4, -0.2) is 43.4 Å². The summed E-state index contributed by atoms with van der Waals surface area (Å²) in [6.07, 6.45) is 1.13. The summed E-state index contributed by atoms with van der Waals surface area (Å²) >= 11 is 0. The number of anilines is 1. The molecule has 0 aliphatic carbocycles. The van der Waals surface area contributed by atoms with Gasteiger partial charge in [-0.3, -0.25) is 14.3 Å². The number of nitrogens with zero attached hydrogens (tertiary/aromatic N) is 3. The van der Waals surface area contributed by atoms with Crippen molar-refractivity contribution in [2.24, 2.45) is 5.73 Å². The van der Waals surface area contributed by atoms with E-state index in [0.717, 1.165) is 0 Å². The summed E-state index contributed by atoms with van der Waals surface area (Å²) in [5, 5.41) is 9.13. The summed E-state index contributed by atoms with van der Waals surface area (Å²) in [5.74, 6) is 0.0141. The quantitative estimate of drug-likeness (QED) is 0.507. The fourth-order valence-electron chi connectivity index (χ4n) is 2.25. The number of hydrogen-bond acceptors (Lipinski definition) is 7. The predicted molar refractivity (Wildman–Crippen MR) is 66.1 cm³/mol. The number of nitrogen functional groups attached to an aromatic ring is 1. The number of ether oxygens (including phenoxy) is 1. The summed E-state index contributed by atoms with van der Waals surface area (Å²) in [4.78, 5) is 22.1. The molecular weight excluding hydrogens is 252 g/mol. The van der Waals surface area contributed by atoms with Gasteiger partial charge in [0.25, 0.3) is 5.56 Å². The summed E-state index contributed by atoms with van der Waals surface area (Å²) in [6, 6.07) is -0.271. The number of aromatic nitrogens is 4. The number of aromatic amines is 1. The average Bonchev–Trinajstić information content (AvgIpc) is 2.92. The van der Waals surface area contributed by atoms with Crippen molar-refractivity contribution >= 4 is 17.1 Å². The number of imidazole rings is 1. The molecule has 0 saturated carbocycles. The van der Waals surface area contributed by atoms with Crippen LogP contribution in [0, 0.1) is 0 Å². The molecule has 0 unspecified atom stereocenters. The van der Waals surface area contributed by atoms with Gasteiger partial charge in [-0.2, -0.15) is 4.98 Å². The summed E-state index contributed by atoms with van der Waals surface area (Å²) in [7, 11) is 0. The lowest BCUT2D eigenvalue weighted by Gasteiger charge is -2.13. The van der Waals surface area contributed by atoms with Crippen molar-refractivity contribution < 1.29 is 9.84 Å². The Hall–Kier alpha value is -1.97. The van der Waals surface area contributed by atoms with Crippen LogP contribution in [0.1, 0.15) is 12.6 Å². The Balaban J connectivity index is 2.05. The molecule has 0 bridgehead atoms. The maximum Gasteiger partial charge on any atom is 0.280 e. The second-order valence-electron chi connectivity index (χ2n) is 4.49. The minimum atomic E-state index is -0.429. The van der Waals surface area contributed by atoms with E-state index < -0.39 is 17.9 Å². The highest BCUT2D eigenvalue weighted by Crippen LogP contribution is 2.29. The summed E-state index contributed by atoms with van der Waals surface area (Å²) in [6.45, 7) is -0.152. The molecule has 6 N–H and O–H groups in total. The van der Waals surface area contributed by atoms with Crippen LogP contribution in [0.2, 0.25) is 0 Å². The van der Waals surface area contributed by atoms with Crippen molar-refractivity contribution in [3.8, 4) is 0 Å². The van der Waals surface area contributed by atoms with Gasteiger partial charge < -0.3 is 21.3 Å². The highest BCUT2D eigenvalue weighted by molar-refractivity contribution is 5.70. The van der Waals surface area contributed by atoms with Crippen LogP contribution in [0.5, 0.6) is 0 Å². The molecule has 19 heavy (non-hydrogen) atoms. The Morgan fingerprint density at radius 1 is 1.63 bits per heavy atom. The number of nitrogens with one attached hydrogen (secondary N) is 1. The zero-order valence-corrected chi connectivity index (χ0v) is 9.98. The zero-order valence-electron chi connectivity index (χ0n) is 9.98. The molecule has 1 aliphatic heterocycles. The van der Waals surface area contributed by atoms with E-state index in [1.54, 1.807) is 4.57 Å². The van der Waals surface area contributed by atoms with Gasteiger partial charge in [0.05, 0.1) is 19.0 Å². The lowest BCUT2D eigenvalue weighted by Crippen LogP contribution is -2.32. The highest BCUT2D eigenvalue weighted by atomic mass is 16.5. The zero-order chi connectivity index (χ0) is 13.6. The SMILES string of the molecule is Nc1nc2c(ncn2[C@@H]2C[C@@H](N)[C@H](CO)O2)c(=O)[nH]1. The van der Waals surface area contributed by atoms with Gasteiger partial charge >= 0.3 is 0 Å². The Bertz CT molecular complexity index is 665. The fourth-order valence-corrected chi connectivity index (χ4v) is 2.25. The van der Waals surface area contributed by atoms with Crippen LogP contribution < -0.4 is 17.0 Å². The molecule has 3 atom stereocenters. The van der Waals surface area contributed by atoms with Gasteiger partial charge in [0, 0.05) is 12.5 Å². The number of aliphatic hydroxyl groups excluding tert-OH is 1. The van der Waals surface area contributed by atoms with Crippen molar-refractivity contribution in [2.45, 2.75) is 24.8 Å². The van der Waals surface area contributed by atoms with E-state index in [0.29, 0.717) is 12.1 Å². The van der Waals surface area contributed by atoms with Gasteiger partial charge in [-0.15, -0.1) is 0 Å². The van der Waals surface area contributed by atoms with Crippen LogP contribution in [0.4, 0.5) is 5.95 Å². The minimum absolute atomic E-state index is 0.0141. The summed E-state index contributed by atoms with van der Waals surface area (Å²) < 4.78 is 7.22. The third-order valence-corrected chi connectivity index (χ3v) is 3.22. The Morgan fingerprint density at radius 2 is 2.42 bits per heavy atom. The number of rotatable bonds is 2. The molecule has 0 aromatic carbocycles. The molecule has 9 nitrogen and oxygen atoms in total. The van der Waals surface area contributed by atoms with E-state index >= 15 is 0 Å². The Morgan fingerprint density at radius 3 is 3.11 bits per heavy atom. The number of aliphatic hydroxyl groups is 1. The van der Waals surface area contributed by atoms with Gasteiger partial charge in [0.15, 0.2) is 11.2 Å². The molecule has 0 amide bonds. The first-order valence-electron chi connectivity index (χ1n) is 5.84. The third-order valence-electron chi connectivity index (χ3n) is 3.22. The van der Waals surface area contributed by atoms with Gasteiger partial charge in [-0.1, -0.05) is 0 Å². The van der Waals surface area contributed by atoms with E-state index in [9.17, 15) is 4.79 Å². The van der Waals surface area contributed by atoms with Gasteiger partial charge in [0.2, 0.25) is 5.95 Å². The van der Waals surface area contributed by atoms with Crippen LogP contribution in [0.3, 0.4) is 0 Å². The lowest BCUT2D eigenvalue weighted by atomic mass is 10.1. The molecular formula is C10H14N6O3. The molecule has 102 valence electrons. The van der Waals surface area contributed by atoms with Gasteiger partial charge in [-0.25, -0.2) is 4.98 Å². The average molecular weight is 266 g/mol. The molecule has 3 rings (SSSR count). The van der Waals surface area contributed by atoms with Crippen molar-refractivity contribution in [3.63, 3.8) is 0 Å². The Kier molecular flexibility index (Phi) is 2.73. The van der Waals surface area contributed by atoms with Crippen LogP contribution in [-0.2, 0) is 4.74 Å². The van der Waals surface area contributed by atoms with Crippen molar-refractivity contribution in [3.05, 3.63) is 16.7 Å².